The molecule has 1 aliphatic rings. The molecular weight excluding hydrogens is 277 g/mol. The van der Waals surface area contributed by atoms with Gasteiger partial charge in [0.15, 0.2) is 0 Å². The summed E-state index contributed by atoms with van der Waals surface area (Å²) in [5.41, 5.74) is -1.03. The molecule has 1 saturated heterocycles. The Morgan fingerprint density at radius 1 is 1.30 bits per heavy atom. The normalized spacial score (nSPS) is 22.9. The van der Waals surface area contributed by atoms with E-state index in [1.807, 2.05) is 0 Å². The highest BCUT2D eigenvalue weighted by Crippen LogP contribution is 2.25. The van der Waals surface area contributed by atoms with Crippen molar-refractivity contribution < 1.29 is 27.5 Å². The quantitative estimate of drug-likeness (QED) is 0.835. The highest BCUT2D eigenvalue weighted by Gasteiger charge is 2.47. The lowest BCUT2D eigenvalue weighted by molar-refractivity contribution is -0.325. The SMILES string of the molecule is CCC1(CC)NC(=O)C(C)N(CCOC(F)(F)F)C1=O. The fraction of sp³-hybridized carbons (Fsp3) is 0.833. The molecule has 0 aromatic carbocycles. The van der Waals surface area contributed by atoms with Gasteiger partial charge in [0.2, 0.25) is 11.8 Å². The number of carbonyl (C=O) groups excluding carboxylic acids is 2. The number of alkyl halides is 3. The standard InChI is InChI=1S/C12H19F3N2O3/c1-4-11(5-2)10(19)17(8(3)9(18)16-11)6-7-20-12(13,14)15/h8H,4-7H2,1-3H3,(H,16,18). The molecule has 0 saturated carbocycles. The highest BCUT2D eigenvalue weighted by atomic mass is 19.4. The molecule has 0 aliphatic carbocycles. The lowest BCUT2D eigenvalue weighted by Crippen LogP contribution is -2.69. The number of piperazine rings is 1. The average Bonchev–Trinajstić information content (AvgIpc) is 2.37. The van der Waals surface area contributed by atoms with Crippen LogP contribution < -0.4 is 5.32 Å². The van der Waals surface area contributed by atoms with Gasteiger partial charge in [-0.3, -0.25) is 14.3 Å². The molecule has 1 heterocycles. The maximum Gasteiger partial charge on any atom is 0.522 e. The first kappa shape index (κ1) is 16.7. The van der Waals surface area contributed by atoms with Crippen molar-refractivity contribution in [3.05, 3.63) is 0 Å². The Labute approximate surface area is 115 Å². The smallest absolute Gasteiger partial charge is 0.340 e. The van der Waals surface area contributed by atoms with Crippen molar-refractivity contribution in [2.24, 2.45) is 0 Å². The Kier molecular flexibility index (Phi) is 5.01. The third kappa shape index (κ3) is 3.41. The molecule has 116 valence electrons. The largest absolute Gasteiger partial charge is 0.522 e. The van der Waals surface area contributed by atoms with Gasteiger partial charge in [0.25, 0.3) is 0 Å². The zero-order valence-corrected chi connectivity index (χ0v) is 11.7. The van der Waals surface area contributed by atoms with Crippen molar-refractivity contribution in [2.45, 2.75) is 51.6 Å². The zero-order chi connectivity index (χ0) is 15.6. The number of nitrogens with zero attached hydrogens (tertiary/aromatic N) is 1. The third-order valence-corrected chi connectivity index (χ3v) is 3.68. The van der Waals surface area contributed by atoms with Crippen LogP contribution in [0.1, 0.15) is 33.6 Å². The Morgan fingerprint density at radius 3 is 2.30 bits per heavy atom. The number of amides is 2. The Morgan fingerprint density at radius 2 is 1.85 bits per heavy atom. The summed E-state index contributed by atoms with van der Waals surface area (Å²) in [4.78, 5) is 25.4. The van der Waals surface area contributed by atoms with Crippen LogP contribution in [0.15, 0.2) is 0 Å². The van der Waals surface area contributed by atoms with Crippen LogP contribution in [0.3, 0.4) is 0 Å². The van der Waals surface area contributed by atoms with E-state index < -0.39 is 24.6 Å². The molecule has 0 bridgehead atoms. The monoisotopic (exact) mass is 296 g/mol. The van der Waals surface area contributed by atoms with E-state index in [2.05, 4.69) is 10.1 Å². The summed E-state index contributed by atoms with van der Waals surface area (Å²) in [6, 6.07) is -0.800. The highest BCUT2D eigenvalue weighted by molar-refractivity contribution is 5.99. The molecule has 0 radical (unpaired) electrons. The Balaban J connectivity index is 2.81. The van der Waals surface area contributed by atoms with E-state index in [0.717, 1.165) is 4.90 Å². The molecule has 2 amide bonds. The van der Waals surface area contributed by atoms with E-state index in [9.17, 15) is 22.8 Å². The average molecular weight is 296 g/mol. The Bertz CT molecular complexity index is 381. The van der Waals surface area contributed by atoms with Crippen molar-refractivity contribution >= 4 is 11.8 Å². The minimum atomic E-state index is -4.74. The number of nitrogens with one attached hydrogen (secondary N) is 1. The molecule has 1 fully saturated rings. The number of hydrogen-bond donors (Lipinski definition) is 1. The lowest BCUT2D eigenvalue weighted by atomic mass is 9.87. The number of hydrogen-bond acceptors (Lipinski definition) is 3. The van der Waals surface area contributed by atoms with Crippen LogP contribution in [-0.2, 0) is 14.3 Å². The first-order valence-corrected chi connectivity index (χ1v) is 6.50. The number of rotatable bonds is 5. The molecule has 1 aliphatic heterocycles. The van der Waals surface area contributed by atoms with E-state index in [1.165, 1.54) is 6.92 Å². The number of ether oxygens (including phenoxy) is 1. The molecular formula is C12H19F3N2O3. The molecule has 1 atom stereocenters. The lowest BCUT2D eigenvalue weighted by Gasteiger charge is -2.44. The maximum absolute atomic E-state index is 12.4. The van der Waals surface area contributed by atoms with Gasteiger partial charge >= 0.3 is 6.36 Å². The van der Waals surface area contributed by atoms with Crippen LogP contribution in [-0.4, -0.2) is 47.8 Å². The molecule has 1 unspecified atom stereocenters. The van der Waals surface area contributed by atoms with Gasteiger partial charge < -0.3 is 10.2 Å². The summed E-state index contributed by atoms with van der Waals surface area (Å²) >= 11 is 0. The number of carbonyl (C=O) groups is 2. The molecule has 0 aromatic rings. The van der Waals surface area contributed by atoms with Gasteiger partial charge in [-0.05, 0) is 19.8 Å². The van der Waals surface area contributed by atoms with Crippen molar-refractivity contribution in [2.75, 3.05) is 13.2 Å². The van der Waals surface area contributed by atoms with Gasteiger partial charge in [-0.15, -0.1) is 13.2 Å². The van der Waals surface area contributed by atoms with Crippen LogP contribution in [0.5, 0.6) is 0 Å². The van der Waals surface area contributed by atoms with Crippen molar-refractivity contribution in [1.82, 2.24) is 10.2 Å². The topological polar surface area (TPSA) is 58.6 Å². The van der Waals surface area contributed by atoms with Gasteiger partial charge in [-0.1, -0.05) is 13.8 Å². The number of halogens is 3. The maximum atomic E-state index is 12.4. The third-order valence-electron chi connectivity index (χ3n) is 3.68. The van der Waals surface area contributed by atoms with Crippen LogP contribution in [0.2, 0.25) is 0 Å². The summed E-state index contributed by atoms with van der Waals surface area (Å²) in [5.74, 6) is -0.722. The summed E-state index contributed by atoms with van der Waals surface area (Å²) in [5, 5.41) is 2.67. The molecule has 5 nitrogen and oxygen atoms in total. The van der Waals surface area contributed by atoms with E-state index in [-0.39, 0.29) is 18.4 Å². The zero-order valence-electron chi connectivity index (χ0n) is 11.7. The van der Waals surface area contributed by atoms with Gasteiger partial charge in [-0.2, -0.15) is 0 Å². The summed E-state index contributed by atoms with van der Waals surface area (Å²) in [6.45, 7) is 4.03. The molecule has 20 heavy (non-hydrogen) atoms. The summed E-state index contributed by atoms with van der Waals surface area (Å²) in [6.07, 6.45) is -3.97. The minimum Gasteiger partial charge on any atom is -0.340 e. The van der Waals surface area contributed by atoms with Gasteiger partial charge in [0.1, 0.15) is 11.6 Å². The predicted molar refractivity (Wildman–Crippen MR) is 64.6 cm³/mol. The Hall–Kier alpha value is -1.31. The fourth-order valence-corrected chi connectivity index (χ4v) is 2.27. The second-order valence-corrected chi connectivity index (χ2v) is 4.75. The second kappa shape index (κ2) is 5.99. The van der Waals surface area contributed by atoms with Crippen LogP contribution in [0.4, 0.5) is 13.2 Å². The van der Waals surface area contributed by atoms with Gasteiger partial charge in [-0.25, -0.2) is 0 Å². The van der Waals surface area contributed by atoms with E-state index in [1.54, 1.807) is 13.8 Å². The first-order chi connectivity index (χ1) is 9.17. The van der Waals surface area contributed by atoms with E-state index >= 15 is 0 Å². The van der Waals surface area contributed by atoms with Crippen LogP contribution in [0.25, 0.3) is 0 Å². The van der Waals surface area contributed by atoms with Crippen molar-refractivity contribution in [3.8, 4) is 0 Å². The van der Waals surface area contributed by atoms with Crippen LogP contribution in [0, 0.1) is 0 Å². The predicted octanol–water partition coefficient (Wildman–Crippen LogP) is 1.43. The second-order valence-electron chi connectivity index (χ2n) is 4.75. The van der Waals surface area contributed by atoms with E-state index in [0.29, 0.717) is 12.8 Å². The van der Waals surface area contributed by atoms with Crippen molar-refractivity contribution in [3.63, 3.8) is 0 Å². The molecule has 0 aromatic heterocycles. The molecule has 1 rings (SSSR count). The van der Waals surface area contributed by atoms with Crippen LogP contribution >= 0.6 is 0 Å². The summed E-state index contributed by atoms with van der Waals surface area (Å²) < 4.78 is 39.6. The van der Waals surface area contributed by atoms with Crippen molar-refractivity contribution in [1.29, 1.82) is 0 Å². The van der Waals surface area contributed by atoms with Gasteiger partial charge in [0.05, 0.1) is 6.61 Å². The first-order valence-electron chi connectivity index (χ1n) is 6.50. The van der Waals surface area contributed by atoms with Gasteiger partial charge in [0, 0.05) is 6.54 Å². The molecule has 0 spiro atoms. The molecule has 1 N–H and O–H groups in total. The minimum absolute atomic E-state index is 0.269. The van der Waals surface area contributed by atoms with E-state index in [4.69, 9.17) is 0 Å². The summed E-state index contributed by atoms with van der Waals surface area (Å²) in [7, 11) is 0. The fourth-order valence-electron chi connectivity index (χ4n) is 2.27. The molecule has 8 heteroatoms.